The second-order valence-electron chi connectivity index (χ2n) is 2.64. The fraction of sp³-hybridized carbons (Fsp3) is 0.286. The minimum Gasteiger partial charge on any atom is -0.480 e. The molecule has 2 rings (SSSR count). The second-order valence-corrected chi connectivity index (χ2v) is 3.95. The average molecular weight is 275 g/mol. The molecule has 2 heterocycles. The Balaban J connectivity index is 2.42. The largest absolute Gasteiger partial charge is 0.480 e. The van der Waals surface area contributed by atoms with Crippen LogP contribution in [0.5, 0.6) is 11.8 Å². The van der Waals surface area contributed by atoms with E-state index in [1.807, 2.05) is 0 Å². The first-order valence-corrected chi connectivity index (χ1v) is 5.51. The van der Waals surface area contributed by atoms with Gasteiger partial charge in [0.15, 0.2) is 0 Å². The molecule has 0 saturated heterocycles. The highest BCUT2D eigenvalue weighted by Gasteiger charge is 2.18. The Labute approximate surface area is 105 Å². The van der Waals surface area contributed by atoms with E-state index < -0.39 is 0 Å². The summed E-state index contributed by atoms with van der Waals surface area (Å²) in [6, 6.07) is 0. The monoisotopic (exact) mass is 274 g/mol. The molecule has 0 aliphatic rings. The van der Waals surface area contributed by atoms with Gasteiger partial charge in [-0.05, 0) is 28.6 Å². The molecule has 0 aromatic carbocycles. The van der Waals surface area contributed by atoms with Gasteiger partial charge in [0.05, 0.1) is 14.2 Å². The molecular weight excluding hydrogens is 268 g/mol. The molecule has 2 aromatic heterocycles. The van der Waals surface area contributed by atoms with E-state index in [0.29, 0.717) is 10.1 Å². The van der Waals surface area contributed by atoms with Crippen molar-refractivity contribution in [3.8, 4) is 11.8 Å². The van der Waals surface area contributed by atoms with E-state index in [4.69, 9.17) is 21.1 Å². The number of aromatic nitrogens is 6. The first kappa shape index (κ1) is 11.9. The fourth-order valence-corrected chi connectivity index (χ4v) is 1.97. The Morgan fingerprint density at radius 1 is 1.18 bits per heavy atom. The van der Waals surface area contributed by atoms with Crippen LogP contribution in [0.2, 0.25) is 5.28 Å². The van der Waals surface area contributed by atoms with Crippen molar-refractivity contribution < 1.29 is 9.47 Å². The van der Waals surface area contributed by atoms with Crippen molar-refractivity contribution >= 4 is 23.4 Å². The molecule has 0 aliphatic heterocycles. The summed E-state index contributed by atoms with van der Waals surface area (Å²) in [7, 11) is 2.94. The molecule has 0 spiro atoms. The summed E-state index contributed by atoms with van der Waals surface area (Å²) in [5.41, 5.74) is 0. The summed E-state index contributed by atoms with van der Waals surface area (Å²) in [5, 5.41) is 13.8. The molecule has 0 fully saturated rings. The van der Waals surface area contributed by atoms with E-state index in [0.717, 1.165) is 11.8 Å². The molecular formula is C7H7ClN6O2S. The van der Waals surface area contributed by atoms with Crippen LogP contribution in [0.4, 0.5) is 0 Å². The standard InChI is InChI=1S/C7H7ClN6O2S/c1-15-4-3(17-7-11-13-14-12-7)5(16-2)10-6(8)9-4/h1-2H3,(H,11,12,13,14). The lowest BCUT2D eigenvalue weighted by atomic mass is 10.6. The van der Waals surface area contributed by atoms with Crippen molar-refractivity contribution in [3.63, 3.8) is 0 Å². The first-order valence-electron chi connectivity index (χ1n) is 4.31. The van der Waals surface area contributed by atoms with E-state index in [-0.39, 0.29) is 17.0 Å². The highest BCUT2D eigenvalue weighted by Crippen LogP contribution is 2.38. The molecule has 0 radical (unpaired) electrons. The van der Waals surface area contributed by atoms with Crippen molar-refractivity contribution in [1.82, 2.24) is 30.6 Å². The Morgan fingerprint density at radius 3 is 2.29 bits per heavy atom. The van der Waals surface area contributed by atoms with Crippen LogP contribution in [0.25, 0.3) is 0 Å². The highest BCUT2D eigenvalue weighted by atomic mass is 35.5. The number of hydrogen-bond acceptors (Lipinski definition) is 8. The molecule has 8 nitrogen and oxygen atoms in total. The van der Waals surface area contributed by atoms with E-state index in [9.17, 15) is 0 Å². The highest BCUT2D eigenvalue weighted by molar-refractivity contribution is 7.99. The van der Waals surface area contributed by atoms with Gasteiger partial charge in [0, 0.05) is 0 Å². The van der Waals surface area contributed by atoms with E-state index >= 15 is 0 Å². The van der Waals surface area contributed by atoms with Gasteiger partial charge >= 0.3 is 0 Å². The number of halogens is 1. The number of aromatic amines is 1. The summed E-state index contributed by atoms with van der Waals surface area (Å²) in [5.74, 6) is 0.577. The van der Waals surface area contributed by atoms with Gasteiger partial charge in [0.25, 0.3) is 0 Å². The number of hydrogen-bond donors (Lipinski definition) is 1. The van der Waals surface area contributed by atoms with Crippen molar-refractivity contribution in [2.75, 3.05) is 14.2 Å². The number of H-pyrrole nitrogens is 1. The van der Waals surface area contributed by atoms with Gasteiger partial charge < -0.3 is 9.47 Å². The number of tetrazole rings is 1. The van der Waals surface area contributed by atoms with Crippen LogP contribution in [-0.2, 0) is 0 Å². The van der Waals surface area contributed by atoms with Crippen LogP contribution in [0.3, 0.4) is 0 Å². The topological polar surface area (TPSA) is 98.7 Å². The lowest BCUT2D eigenvalue weighted by Crippen LogP contribution is -1.98. The maximum absolute atomic E-state index is 5.72. The van der Waals surface area contributed by atoms with Gasteiger partial charge in [-0.25, -0.2) is 0 Å². The van der Waals surface area contributed by atoms with Crippen LogP contribution in [0.1, 0.15) is 0 Å². The molecule has 0 saturated carbocycles. The molecule has 10 heteroatoms. The van der Waals surface area contributed by atoms with Crippen LogP contribution in [-0.4, -0.2) is 44.8 Å². The molecule has 0 bridgehead atoms. The summed E-state index contributed by atoms with van der Waals surface area (Å²) < 4.78 is 10.2. The predicted molar refractivity (Wildman–Crippen MR) is 58.4 cm³/mol. The van der Waals surface area contributed by atoms with Crippen molar-refractivity contribution in [1.29, 1.82) is 0 Å². The zero-order valence-corrected chi connectivity index (χ0v) is 10.4. The number of methoxy groups -OCH3 is 2. The van der Waals surface area contributed by atoms with Crippen LogP contribution >= 0.6 is 23.4 Å². The molecule has 0 aliphatic carbocycles. The predicted octanol–water partition coefficient (Wildman–Crippen LogP) is 0.811. The Hall–Kier alpha value is -1.61. The molecule has 0 amide bonds. The third-order valence-corrected chi connectivity index (χ3v) is 2.76. The lowest BCUT2D eigenvalue weighted by Gasteiger charge is -2.08. The molecule has 0 unspecified atom stereocenters. The number of ether oxygens (including phenoxy) is 2. The lowest BCUT2D eigenvalue weighted by molar-refractivity contribution is 0.352. The minimum atomic E-state index is 0.0381. The van der Waals surface area contributed by atoms with Crippen molar-refractivity contribution in [3.05, 3.63) is 5.28 Å². The van der Waals surface area contributed by atoms with Gasteiger partial charge in [-0.15, -0.1) is 10.2 Å². The summed E-state index contributed by atoms with van der Waals surface area (Å²) in [6.45, 7) is 0. The third-order valence-electron chi connectivity index (χ3n) is 1.68. The van der Waals surface area contributed by atoms with E-state index in [2.05, 4.69) is 30.6 Å². The summed E-state index contributed by atoms with van der Waals surface area (Å²) in [4.78, 5) is 8.38. The van der Waals surface area contributed by atoms with Gasteiger partial charge in [-0.3, -0.25) is 0 Å². The van der Waals surface area contributed by atoms with E-state index in [1.165, 1.54) is 14.2 Å². The maximum atomic E-state index is 5.72. The van der Waals surface area contributed by atoms with E-state index in [1.54, 1.807) is 0 Å². The number of rotatable bonds is 4. The second kappa shape index (κ2) is 5.15. The number of nitrogens with one attached hydrogen (secondary N) is 1. The van der Waals surface area contributed by atoms with Gasteiger partial charge in [0.2, 0.25) is 22.2 Å². The first-order chi connectivity index (χ1) is 8.24. The smallest absolute Gasteiger partial charge is 0.236 e. The SMILES string of the molecule is COc1nc(Cl)nc(OC)c1Sc1nn[nH]n1. The zero-order chi connectivity index (χ0) is 12.3. The maximum Gasteiger partial charge on any atom is 0.236 e. The summed E-state index contributed by atoms with van der Waals surface area (Å²) >= 11 is 6.88. The normalized spacial score (nSPS) is 10.3. The van der Waals surface area contributed by atoms with Crippen molar-refractivity contribution in [2.45, 2.75) is 10.1 Å². The number of nitrogens with zero attached hydrogens (tertiary/aromatic N) is 5. The Morgan fingerprint density at radius 2 is 1.82 bits per heavy atom. The molecule has 0 atom stereocenters. The average Bonchev–Trinajstić information content (AvgIpc) is 2.83. The quantitative estimate of drug-likeness (QED) is 0.818. The van der Waals surface area contributed by atoms with Crippen molar-refractivity contribution in [2.24, 2.45) is 0 Å². The zero-order valence-electron chi connectivity index (χ0n) is 8.84. The summed E-state index contributed by atoms with van der Waals surface area (Å²) in [6.07, 6.45) is 0. The van der Waals surface area contributed by atoms with Gasteiger partial charge in [-0.2, -0.15) is 15.2 Å². The van der Waals surface area contributed by atoms with Crippen LogP contribution in [0, 0.1) is 0 Å². The molecule has 1 N–H and O–H groups in total. The minimum absolute atomic E-state index is 0.0381. The Kier molecular flexibility index (Phi) is 3.59. The third kappa shape index (κ3) is 2.56. The Bertz CT molecular complexity index is 482. The molecule has 2 aromatic rings. The fourth-order valence-electron chi connectivity index (χ4n) is 1.04. The van der Waals surface area contributed by atoms with Crippen LogP contribution in [0.15, 0.2) is 10.1 Å². The molecule has 17 heavy (non-hydrogen) atoms. The molecule has 90 valence electrons. The van der Waals surface area contributed by atoms with Gasteiger partial charge in [-0.1, -0.05) is 0 Å². The van der Waals surface area contributed by atoms with Gasteiger partial charge in [0.1, 0.15) is 4.90 Å². The van der Waals surface area contributed by atoms with Crippen LogP contribution < -0.4 is 9.47 Å².